The van der Waals surface area contributed by atoms with Crippen LogP contribution in [0.3, 0.4) is 0 Å². The first-order valence-electron chi connectivity index (χ1n) is 15.2. The molecule has 5 nitrogen and oxygen atoms in total. The minimum atomic E-state index is -0.000641. The molecule has 0 spiro atoms. The van der Waals surface area contributed by atoms with Crippen molar-refractivity contribution in [1.29, 1.82) is 0 Å². The summed E-state index contributed by atoms with van der Waals surface area (Å²) in [4.78, 5) is 9.35. The molecule has 4 aromatic carbocycles. The Labute approximate surface area is 280 Å². The van der Waals surface area contributed by atoms with Gasteiger partial charge in [-0.1, -0.05) is 77.0 Å². The van der Waals surface area contributed by atoms with Gasteiger partial charge in [0.05, 0.1) is 18.0 Å². The molecule has 3 heterocycles. The summed E-state index contributed by atoms with van der Waals surface area (Å²) in [5, 5.41) is 2.31. The number of fused-ring (bicyclic) bond motifs is 4. The zero-order valence-corrected chi connectivity index (χ0v) is 29.2. The van der Waals surface area contributed by atoms with Gasteiger partial charge in [0.25, 0.3) is 0 Å². The van der Waals surface area contributed by atoms with Gasteiger partial charge >= 0.3 is 21.1 Å². The SMILES string of the molecule is CN1CN(c2[c-]c(Oc3[c-]c4c(cc3)c3cc(C(C)(C)C)ccc3n4-c3cc(C(C)(C)C)ccn3)ccc2)c2ccccc21.[Pt+2]. The van der Waals surface area contributed by atoms with Gasteiger partial charge in [-0.25, -0.2) is 4.98 Å². The van der Waals surface area contributed by atoms with E-state index >= 15 is 0 Å². The van der Waals surface area contributed by atoms with E-state index in [-0.39, 0.29) is 31.9 Å². The summed E-state index contributed by atoms with van der Waals surface area (Å²) in [5.41, 5.74) is 7.94. The Morgan fingerprint density at radius 3 is 2.18 bits per heavy atom. The van der Waals surface area contributed by atoms with Crippen molar-refractivity contribution in [1.82, 2.24) is 9.55 Å². The predicted octanol–water partition coefficient (Wildman–Crippen LogP) is 9.71. The first kappa shape index (κ1) is 30.9. The molecule has 6 aromatic rings. The Bertz CT molecular complexity index is 2030. The van der Waals surface area contributed by atoms with E-state index in [9.17, 15) is 0 Å². The van der Waals surface area contributed by atoms with E-state index in [2.05, 4.69) is 142 Å². The molecular formula is C39H38N4OPt. The molecule has 0 saturated carbocycles. The number of ether oxygens (including phenoxy) is 1. The molecular weight excluding hydrogens is 736 g/mol. The molecule has 230 valence electrons. The average Bonchev–Trinajstić information content (AvgIpc) is 3.50. The fourth-order valence-electron chi connectivity index (χ4n) is 6.05. The van der Waals surface area contributed by atoms with Crippen molar-refractivity contribution in [2.45, 2.75) is 52.4 Å². The number of hydrogen-bond acceptors (Lipinski definition) is 4. The molecule has 0 aliphatic carbocycles. The summed E-state index contributed by atoms with van der Waals surface area (Å²) in [6, 6.07) is 36.8. The number of nitrogens with zero attached hydrogens (tertiary/aromatic N) is 4. The van der Waals surface area contributed by atoms with Crippen molar-refractivity contribution >= 4 is 38.9 Å². The summed E-state index contributed by atoms with van der Waals surface area (Å²) < 4.78 is 8.68. The summed E-state index contributed by atoms with van der Waals surface area (Å²) in [6.07, 6.45) is 1.91. The molecule has 1 aliphatic heterocycles. The number of hydrogen-bond donors (Lipinski definition) is 0. The molecule has 6 heteroatoms. The number of aromatic nitrogens is 2. The molecule has 0 amide bonds. The Morgan fingerprint density at radius 1 is 0.711 bits per heavy atom. The van der Waals surface area contributed by atoms with Crippen LogP contribution in [0.5, 0.6) is 11.5 Å². The van der Waals surface area contributed by atoms with E-state index in [1.807, 2.05) is 24.4 Å². The topological polar surface area (TPSA) is 33.5 Å². The molecule has 0 unspecified atom stereocenters. The monoisotopic (exact) mass is 773 g/mol. The Kier molecular flexibility index (Phi) is 7.81. The van der Waals surface area contributed by atoms with Crippen molar-refractivity contribution in [3.8, 4) is 17.3 Å². The zero-order valence-electron chi connectivity index (χ0n) is 26.9. The molecule has 0 fully saturated rings. The van der Waals surface area contributed by atoms with Crippen LogP contribution in [0.4, 0.5) is 17.1 Å². The second-order valence-electron chi connectivity index (χ2n) is 13.8. The van der Waals surface area contributed by atoms with Crippen molar-refractivity contribution in [3.63, 3.8) is 0 Å². The van der Waals surface area contributed by atoms with Gasteiger partial charge in [-0.05, 0) is 57.7 Å². The van der Waals surface area contributed by atoms with E-state index in [1.54, 1.807) is 0 Å². The van der Waals surface area contributed by atoms with Gasteiger partial charge in [-0.3, -0.25) is 0 Å². The fourth-order valence-corrected chi connectivity index (χ4v) is 6.05. The van der Waals surface area contributed by atoms with Gasteiger partial charge < -0.3 is 19.1 Å². The molecule has 0 N–H and O–H groups in total. The number of para-hydroxylation sites is 2. The van der Waals surface area contributed by atoms with Crippen LogP contribution in [0.1, 0.15) is 52.7 Å². The second kappa shape index (κ2) is 11.4. The third-order valence-electron chi connectivity index (χ3n) is 8.56. The van der Waals surface area contributed by atoms with Crippen molar-refractivity contribution in [2.75, 3.05) is 23.5 Å². The molecule has 0 radical (unpaired) electrons. The Morgan fingerprint density at radius 2 is 1.42 bits per heavy atom. The maximum absolute atomic E-state index is 6.46. The number of benzene rings is 4. The Balaban J connectivity index is 0.00000357. The van der Waals surface area contributed by atoms with Crippen molar-refractivity contribution in [3.05, 3.63) is 114 Å². The van der Waals surface area contributed by atoms with E-state index in [4.69, 9.17) is 9.72 Å². The predicted molar refractivity (Wildman–Crippen MR) is 182 cm³/mol. The quantitative estimate of drug-likeness (QED) is 0.167. The maximum Gasteiger partial charge on any atom is 2.00 e. The van der Waals surface area contributed by atoms with Gasteiger partial charge in [0.15, 0.2) is 0 Å². The summed E-state index contributed by atoms with van der Waals surface area (Å²) in [7, 11) is 2.11. The van der Waals surface area contributed by atoms with Gasteiger partial charge in [-0.2, -0.15) is 12.1 Å². The van der Waals surface area contributed by atoms with E-state index < -0.39 is 0 Å². The van der Waals surface area contributed by atoms with Gasteiger partial charge in [0.2, 0.25) is 0 Å². The van der Waals surface area contributed by atoms with Crippen LogP contribution in [-0.4, -0.2) is 23.3 Å². The van der Waals surface area contributed by atoms with Gasteiger partial charge in [0, 0.05) is 30.3 Å². The van der Waals surface area contributed by atoms with Gasteiger partial charge in [-0.15, -0.1) is 35.7 Å². The van der Waals surface area contributed by atoms with Crippen LogP contribution in [0.15, 0.2) is 91.1 Å². The maximum atomic E-state index is 6.46. The van der Waals surface area contributed by atoms with Crippen molar-refractivity contribution in [2.24, 2.45) is 0 Å². The molecule has 2 aromatic heterocycles. The first-order chi connectivity index (χ1) is 21.0. The minimum absolute atomic E-state index is 0. The molecule has 0 bridgehead atoms. The summed E-state index contributed by atoms with van der Waals surface area (Å²) in [5.74, 6) is 2.16. The summed E-state index contributed by atoms with van der Waals surface area (Å²) >= 11 is 0. The molecule has 0 saturated heterocycles. The van der Waals surface area contributed by atoms with Crippen LogP contribution in [0, 0.1) is 12.1 Å². The van der Waals surface area contributed by atoms with Crippen molar-refractivity contribution < 1.29 is 25.8 Å². The summed E-state index contributed by atoms with van der Waals surface area (Å²) in [6.45, 7) is 14.2. The largest absolute Gasteiger partial charge is 2.00 e. The third kappa shape index (κ3) is 5.64. The normalized spacial score (nSPS) is 13.3. The smallest absolute Gasteiger partial charge is 0.509 e. The van der Waals surface area contributed by atoms with Gasteiger partial charge in [0.1, 0.15) is 5.82 Å². The second-order valence-corrected chi connectivity index (χ2v) is 13.8. The van der Waals surface area contributed by atoms with Crippen LogP contribution < -0.4 is 14.5 Å². The van der Waals surface area contributed by atoms with Crippen LogP contribution >= 0.6 is 0 Å². The van der Waals surface area contributed by atoms with E-state index in [0.717, 1.165) is 34.6 Å². The molecule has 0 atom stereocenters. The minimum Gasteiger partial charge on any atom is -0.509 e. The third-order valence-corrected chi connectivity index (χ3v) is 8.56. The van der Waals surface area contributed by atoms with Crippen LogP contribution in [0.2, 0.25) is 0 Å². The van der Waals surface area contributed by atoms with Crippen LogP contribution in [-0.2, 0) is 31.9 Å². The zero-order chi connectivity index (χ0) is 30.8. The van der Waals surface area contributed by atoms with E-state index in [1.165, 1.54) is 27.9 Å². The van der Waals surface area contributed by atoms with E-state index in [0.29, 0.717) is 11.5 Å². The Hall–Kier alpha value is -4.08. The molecule has 45 heavy (non-hydrogen) atoms. The molecule has 7 rings (SSSR count). The number of rotatable bonds is 4. The number of pyridine rings is 1. The molecule has 1 aliphatic rings. The number of anilines is 3. The first-order valence-corrected chi connectivity index (χ1v) is 15.2. The fraction of sp³-hybridized carbons (Fsp3) is 0.256. The standard InChI is InChI=1S/C39H38N4O.Pt/c1-38(2,3)26-15-18-33-32(21-26)31-17-16-30(24-36(31)43(33)37-22-27(19-20-40-37)39(4,5)6)44-29-12-10-11-28(23-29)42-25-41(7)34-13-8-9-14-35(34)42;/h8-22H,25H2,1-7H3;/q-2;+2. The van der Waals surface area contributed by atoms with Crippen LogP contribution in [0.25, 0.3) is 27.6 Å². The average molecular weight is 774 g/mol.